The third kappa shape index (κ3) is 2.29. The van der Waals surface area contributed by atoms with Gasteiger partial charge in [-0.1, -0.05) is 12.8 Å². The zero-order valence-electron chi connectivity index (χ0n) is 11.6. The van der Waals surface area contributed by atoms with Crippen LogP contribution in [0.1, 0.15) is 44.9 Å². The Kier molecular flexibility index (Phi) is 3.56. The lowest BCUT2D eigenvalue weighted by molar-refractivity contribution is -0.127. The van der Waals surface area contributed by atoms with E-state index < -0.39 is 0 Å². The van der Waals surface area contributed by atoms with Crippen molar-refractivity contribution in [2.75, 3.05) is 13.2 Å². The minimum Gasteiger partial charge on any atom is -0.396 e. The van der Waals surface area contributed by atoms with Gasteiger partial charge in [0, 0.05) is 18.0 Å². The second kappa shape index (κ2) is 5.06. The van der Waals surface area contributed by atoms with Crippen molar-refractivity contribution in [1.29, 1.82) is 0 Å². The summed E-state index contributed by atoms with van der Waals surface area (Å²) in [5.74, 6) is 1.24. The van der Waals surface area contributed by atoms with E-state index in [-0.39, 0.29) is 29.9 Å². The van der Waals surface area contributed by atoms with Crippen molar-refractivity contribution in [1.82, 2.24) is 5.32 Å². The summed E-state index contributed by atoms with van der Waals surface area (Å²) < 4.78 is 0. The molecule has 3 fully saturated rings. The number of nitrogens with two attached hydrogens (primary N) is 1. The predicted octanol–water partition coefficient (Wildman–Crippen LogP) is 1.03. The van der Waals surface area contributed by atoms with Gasteiger partial charge in [0.05, 0.1) is 12.5 Å². The molecule has 3 rings (SSSR count). The number of nitrogens with one attached hydrogen (secondary N) is 1. The van der Waals surface area contributed by atoms with Gasteiger partial charge in [0.25, 0.3) is 0 Å². The van der Waals surface area contributed by atoms with Crippen LogP contribution in [0, 0.1) is 23.2 Å². The number of hydrogen-bond acceptors (Lipinski definition) is 3. The fourth-order valence-corrected chi connectivity index (χ4v) is 4.63. The molecule has 0 saturated heterocycles. The van der Waals surface area contributed by atoms with E-state index in [4.69, 9.17) is 5.73 Å². The molecule has 4 N–H and O–H groups in total. The van der Waals surface area contributed by atoms with E-state index in [1.165, 1.54) is 25.7 Å². The number of hydrogen-bond donors (Lipinski definition) is 3. The summed E-state index contributed by atoms with van der Waals surface area (Å²) in [6, 6.07) is 0.0624. The van der Waals surface area contributed by atoms with Gasteiger partial charge < -0.3 is 16.2 Å². The summed E-state index contributed by atoms with van der Waals surface area (Å²) >= 11 is 0. The van der Waals surface area contributed by atoms with Crippen LogP contribution in [0.3, 0.4) is 0 Å². The number of aliphatic hydroxyl groups excluding tert-OH is 1. The average molecular weight is 266 g/mol. The Bertz CT molecular complexity index is 350. The van der Waals surface area contributed by atoms with E-state index in [0.717, 1.165) is 19.3 Å². The second-order valence-corrected chi connectivity index (χ2v) is 7.02. The molecule has 0 aromatic heterocycles. The summed E-state index contributed by atoms with van der Waals surface area (Å²) in [4.78, 5) is 12.4. The molecular weight excluding hydrogens is 240 g/mol. The standard InChI is InChI=1S/C15H26N2O2/c16-13-11-4-3-10(7-11)12(13)14(19)17-8-15(9-18)5-1-2-6-15/h10-13,18H,1-9,16H2,(H,17,19). The van der Waals surface area contributed by atoms with Gasteiger partial charge in [-0.3, -0.25) is 4.79 Å². The largest absolute Gasteiger partial charge is 0.396 e. The number of carbonyl (C=O) groups is 1. The number of aliphatic hydroxyl groups is 1. The first-order chi connectivity index (χ1) is 9.15. The zero-order valence-corrected chi connectivity index (χ0v) is 11.6. The Balaban J connectivity index is 1.57. The topological polar surface area (TPSA) is 75.4 Å². The van der Waals surface area contributed by atoms with Crippen molar-refractivity contribution in [3.05, 3.63) is 0 Å². The van der Waals surface area contributed by atoms with Gasteiger partial charge in [-0.2, -0.15) is 0 Å². The first kappa shape index (κ1) is 13.4. The Morgan fingerprint density at radius 1 is 1.26 bits per heavy atom. The highest BCUT2D eigenvalue weighted by molar-refractivity contribution is 5.80. The number of amides is 1. The normalized spacial score (nSPS) is 39.7. The molecule has 2 bridgehead atoms. The van der Waals surface area contributed by atoms with Crippen LogP contribution >= 0.6 is 0 Å². The van der Waals surface area contributed by atoms with Crippen LogP contribution in [-0.4, -0.2) is 30.2 Å². The lowest BCUT2D eigenvalue weighted by atomic mass is 9.83. The Labute approximate surface area is 115 Å². The molecule has 4 atom stereocenters. The van der Waals surface area contributed by atoms with Crippen molar-refractivity contribution in [3.63, 3.8) is 0 Å². The lowest BCUT2D eigenvalue weighted by Crippen LogP contribution is -2.48. The van der Waals surface area contributed by atoms with Crippen LogP contribution in [-0.2, 0) is 4.79 Å². The molecule has 1 amide bonds. The molecular formula is C15H26N2O2. The monoisotopic (exact) mass is 266 g/mol. The second-order valence-electron chi connectivity index (χ2n) is 7.02. The highest BCUT2D eigenvalue weighted by Gasteiger charge is 2.49. The maximum absolute atomic E-state index is 12.4. The summed E-state index contributed by atoms with van der Waals surface area (Å²) in [5.41, 5.74) is 6.15. The highest BCUT2D eigenvalue weighted by atomic mass is 16.3. The Morgan fingerprint density at radius 2 is 1.95 bits per heavy atom. The number of fused-ring (bicyclic) bond motifs is 2. The summed E-state index contributed by atoms with van der Waals surface area (Å²) in [7, 11) is 0. The van der Waals surface area contributed by atoms with E-state index in [1.807, 2.05) is 0 Å². The van der Waals surface area contributed by atoms with E-state index in [2.05, 4.69) is 5.32 Å². The molecule has 0 spiro atoms. The molecule has 0 aliphatic heterocycles. The highest BCUT2D eigenvalue weighted by Crippen LogP contribution is 2.47. The molecule has 4 unspecified atom stereocenters. The minimum absolute atomic E-state index is 0.0240. The minimum atomic E-state index is -0.0582. The van der Waals surface area contributed by atoms with Crippen molar-refractivity contribution >= 4 is 5.91 Å². The average Bonchev–Trinajstić information content (AvgIpc) is 3.12. The fourth-order valence-electron chi connectivity index (χ4n) is 4.63. The molecule has 108 valence electrons. The molecule has 0 heterocycles. The van der Waals surface area contributed by atoms with Gasteiger partial charge in [-0.15, -0.1) is 0 Å². The zero-order chi connectivity index (χ0) is 13.5. The Morgan fingerprint density at radius 3 is 2.53 bits per heavy atom. The molecule has 4 nitrogen and oxygen atoms in total. The van der Waals surface area contributed by atoms with Gasteiger partial charge in [-0.05, 0) is 43.9 Å². The molecule has 0 radical (unpaired) electrons. The van der Waals surface area contributed by atoms with E-state index in [9.17, 15) is 9.90 Å². The van der Waals surface area contributed by atoms with Crippen molar-refractivity contribution in [2.45, 2.75) is 51.0 Å². The first-order valence-corrected chi connectivity index (χ1v) is 7.79. The van der Waals surface area contributed by atoms with E-state index in [0.29, 0.717) is 18.4 Å². The van der Waals surface area contributed by atoms with Crippen LogP contribution in [0.2, 0.25) is 0 Å². The van der Waals surface area contributed by atoms with Crippen molar-refractivity contribution in [2.24, 2.45) is 28.9 Å². The van der Waals surface area contributed by atoms with Gasteiger partial charge in [-0.25, -0.2) is 0 Å². The van der Waals surface area contributed by atoms with Crippen LogP contribution < -0.4 is 11.1 Å². The van der Waals surface area contributed by atoms with Gasteiger partial charge in [0.2, 0.25) is 5.91 Å². The fraction of sp³-hybridized carbons (Fsp3) is 0.933. The molecule has 0 aromatic carbocycles. The van der Waals surface area contributed by atoms with Crippen LogP contribution in [0.4, 0.5) is 0 Å². The van der Waals surface area contributed by atoms with Crippen molar-refractivity contribution in [3.8, 4) is 0 Å². The maximum atomic E-state index is 12.4. The molecule has 19 heavy (non-hydrogen) atoms. The smallest absolute Gasteiger partial charge is 0.224 e. The lowest BCUT2D eigenvalue weighted by Gasteiger charge is -2.30. The van der Waals surface area contributed by atoms with Gasteiger partial charge in [0.1, 0.15) is 0 Å². The number of rotatable bonds is 4. The summed E-state index contributed by atoms with van der Waals surface area (Å²) in [6.07, 6.45) is 7.93. The number of carbonyl (C=O) groups excluding carboxylic acids is 1. The summed E-state index contributed by atoms with van der Waals surface area (Å²) in [5, 5.41) is 12.7. The van der Waals surface area contributed by atoms with Crippen LogP contribution in [0.5, 0.6) is 0 Å². The van der Waals surface area contributed by atoms with Crippen molar-refractivity contribution < 1.29 is 9.90 Å². The van der Waals surface area contributed by atoms with Gasteiger partial charge >= 0.3 is 0 Å². The van der Waals surface area contributed by atoms with Crippen LogP contribution in [0.25, 0.3) is 0 Å². The van der Waals surface area contributed by atoms with E-state index >= 15 is 0 Å². The quantitative estimate of drug-likeness (QED) is 0.711. The molecule has 0 aromatic rings. The molecule has 3 saturated carbocycles. The van der Waals surface area contributed by atoms with Crippen LogP contribution in [0.15, 0.2) is 0 Å². The molecule has 3 aliphatic carbocycles. The maximum Gasteiger partial charge on any atom is 0.224 e. The third-order valence-corrected chi connectivity index (χ3v) is 5.92. The first-order valence-electron chi connectivity index (χ1n) is 7.79. The summed E-state index contributed by atoms with van der Waals surface area (Å²) in [6.45, 7) is 0.818. The Hall–Kier alpha value is -0.610. The predicted molar refractivity (Wildman–Crippen MR) is 73.3 cm³/mol. The third-order valence-electron chi connectivity index (χ3n) is 5.92. The van der Waals surface area contributed by atoms with Gasteiger partial charge in [0.15, 0.2) is 0 Å². The SMILES string of the molecule is NC1C2CCC(C2)C1C(=O)NCC1(CO)CCCC1. The molecule has 4 heteroatoms. The molecule has 3 aliphatic rings. The van der Waals surface area contributed by atoms with E-state index in [1.54, 1.807) is 0 Å².